The normalized spacial score (nSPS) is 11.0. The van der Waals surface area contributed by atoms with E-state index < -0.39 is 5.97 Å². The fourth-order valence-corrected chi connectivity index (χ4v) is 2.22. The number of thioether (sulfide) groups is 1. The van der Waals surface area contributed by atoms with Crippen LogP contribution in [-0.4, -0.2) is 36.1 Å². The van der Waals surface area contributed by atoms with Gasteiger partial charge in [0.05, 0.1) is 6.42 Å². The van der Waals surface area contributed by atoms with E-state index in [0.717, 1.165) is 4.90 Å². The zero-order chi connectivity index (χ0) is 17.5. The molecule has 1 N–H and O–H groups in total. The molecule has 1 rings (SSSR count). The second-order valence-electron chi connectivity index (χ2n) is 6.11. The van der Waals surface area contributed by atoms with Crippen molar-refractivity contribution in [1.29, 1.82) is 0 Å². The molecule has 0 spiro atoms. The molecule has 0 saturated heterocycles. The summed E-state index contributed by atoms with van der Waals surface area (Å²) in [6.45, 7) is 5.20. The van der Waals surface area contributed by atoms with E-state index in [0.29, 0.717) is 5.56 Å². The molecule has 1 aromatic rings. The minimum Gasteiger partial charge on any atom is -0.456 e. The molecule has 1 amide bonds. The van der Waals surface area contributed by atoms with Crippen molar-refractivity contribution in [3.8, 4) is 0 Å². The van der Waals surface area contributed by atoms with Gasteiger partial charge in [-0.15, -0.1) is 11.8 Å². The van der Waals surface area contributed by atoms with Crippen LogP contribution in [0.1, 0.15) is 44.0 Å². The number of benzene rings is 1. The Morgan fingerprint density at radius 2 is 1.70 bits per heavy atom. The topological polar surface area (TPSA) is 72.5 Å². The van der Waals surface area contributed by atoms with Crippen LogP contribution in [0.25, 0.3) is 0 Å². The van der Waals surface area contributed by atoms with E-state index in [1.54, 1.807) is 23.9 Å². The van der Waals surface area contributed by atoms with Gasteiger partial charge in [0.15, 0.2) is 12.4 Å². The monoisotopic (exact) mass is 337 g/mol. The maximum absolute atomic E-state index is 12.0. The number of carbonyl (C=O) groups excluding carboxylic acids is 3. The van der Waals surface area contributed by atoms with Crippen molar-refractivity contribution >= 4 is 29.4 Å². The zero-order valence-electron chi connectivity index (χ0n) is 14.0. The molecule has 0 heterocycles. The maximum atomic E-state index is 12.0. The molecule has 0 aliphatic heterocycles. The van der Waals surface area contributed by atoms with Gasteiger partial charge >= 0.3 is 5.97 Å². The molecule has 0 aliphatic rings. The van der Waals surface area contributed by atoms with Gasteiger partial charge in [0.25, 0.3) is 5.91 Å². The Bertz CT molecular complexity index is 561. The molecule has 0 radical (unpaired) electrons. The molecule has 0 aliphatic carbocycles. The van der Waals surface area contributed by atoms with Crippen LogP contribution in [0.5, 0.6) is 0 Å². The van der Waals surface area contributed by atoms with Crippen molar-refractivity contribution in [3.05, 3.63) is 29.8 Å². The summed E-state index contributed by atoms with van der Waals surface area (Å²) in [5.41, 5.74) is 0.198. The number of rotatable bonds is 7. The fourth-order valence-electron chi connectivity index (χ4n) is 1.81. The fraction of sp³-hybridized carbons (Fsp3) is 0.471. The number of amides is 1. The van der Waals surface area contributed by atoms with Gasteiger partial charge in [0.2, 0.25) is 0 Å². The Morgan fingerprint density at radius 1 is 1.09 bits per heavy atom. The third-order valence-corrected chi connectivity index (χ3v) is 3.59. The molecule has 5 nitrogen and oxygen atoms in total. The van der Waals surface area contributed by atoms with E-state index >= 15 is 0 Å². The van der Waals surface area contributed by atoms with Crippen LogP contribution in [0.4, 0.5) is 0 Å². The van der Waals surface area contributed by atoms with Gasteiger partial charge in [-0.3, -0.25) is 14.4 Å². The van der Waals surface area contributed by atoms with Crippen LogP contribution in [0.15, 0.2) is 29.2 Å². The van der Waals surface area contributed by atoms with Crippen LogP contribution in [0.3, 0.4) is 0 Å². The Balaban J connectivity index is 2.35. The van der Waals surface area contributed by atoms with E-state index in [1.807, 2.05) is 39.2 Å². The van der Waals surface area contributed by atoms with Gasteiger partial charge < -0.3 is 10.1 Å². The second-order valence-corrected chi connectivity index (χ2v) is 6.99. The van der Waals surface area contributed by atoms with Gasteiger partial charge in [-0.25, -0.2) is 0 Å². The standard InChI is InChI=1S/C17H23NO4S/c1-17(2,3)18-15(20)11-22-16(21)10-9-14(19)12-5-7-13(23-4)8-6-12/h5-8H,9-11H2,1-4H3,(H,18,20). The zero-order valence-corrected chi connectivity index (χ0v) is 14.8. The Hall–Kier alpha value is -1.82. The van der Waals surface area contributed by atoms with Gasteiger partial charge in [-0.1, -0.05) is 12.1 Å². The van der Waals surface area contributed by atoms with Crippen molar-refractivity contribution in [2.75, 3.05) is 12.9 Å². The maximum Gasteiger partial charge on any atom is 0.306 e. The molecule has 0 saturated carbocycles. The lowest BCUT2D eigenvalue weighted by atomic mass is 10.1. The molecular formula is C17H23NO4S. The summed E-state index contributed by atoms with van der Waals surface area (Å²) < 4.78 is 4.87. The minimum atomic E-state index is -0.553. The van der Waals surface area contributed by atoms with Crippen molar-refractivity contribution < 1.29 is 19.1 Å². The van der Waals surface area contributed by atoms with Crippen LogP contribution in [0, 0.1) is 0 Å². The van der Waals surface area contributed by atoms with E-state index in [9.17, 15) is 14.4 Å². The predicted molar refractivity (Wildman–Crippen MR) is 90.6 cm³/mol. The SMILES string of the molecule is CSc1ccc(C(=O)CCC(=O)OCC(=O)NC(C)(C)C)cc1. The Labute approximate surface area is 141 Å². The number of carbonyl (C=O) groups is 3. The number of esters is 1. The second kappa shape index (κ2) is 8.72. The Morgan fingerprint density at radius 3 is 2.22 bits per heavy atom. The van der Waals surface area contributed by atoms with E-state index in [1.165, 1.54) is 0 Å². The third-order valence-electron chi connectivity index (χ3n) is 2.85. The molecule has 0 fully saturated rings. The molecule has 126 valence electrons. The van der Waals surface area contributed by atoms with Gasteiger partial charge in [-0.2, -0.15) is 0 Å². The molecule has 0 atom stereocenters. The number of nitrogens with one attached hydrogen (secondary N) is 1. The summed E-state index contributed by atoms with van der Waals surface area (Å²) in [5.74, 6) is -1.03. The molecule has 1 aromatic carbocycles. The largest absolute Gasteiger partial charge is 0.456 e. The summed E-state index contributed by atoms with van der Waals surface area (Å²) >= 11 is 1.60. The summed E-state index contributed by atoms with van der Waals surface area (Å²) in [6, 6.07) is 7.23. The van der Waals surface area contributed by atoms with E-state index in [-0.39, 0.29) is 36.7 Å². The minimum absolute atomic E-state index is 0.0358. The number of hydrogen-bond acceptors (Lipinski definition) is 5. The van der Waals surface area contributed by atoms with Gasteiger partial charge in [0.1, 0.15) is 0 Å². The lowest BCUT2D eigenvalue weighted by molar-refractivity contribution is -0.148. The summed E-state index contributed by atoms with van der Waals surface area (Å²) in [6.07, 6.45) is 1.99. The molecular weight excluding hydrogens is 314 g/mol. The number of ketones is 1. The highest BCUT2D eigenvalue weighted by atomic mass is 32.2. The molecule has 6 heteroatoms. The first-order chi connectivity index (χ1) is 10.7. The van der Waals surface area contributed by atoms with Crippen LogP contribution < -0.4 is 5.32 Å². The van der Waals surface area contributed by atoms with Crippen molar-refractivity contribution in [2.45, 2.75) is 44.0 Å². The van der Waals surface area contributed by atoms with E-state index in [4.69, 9.17) is 4.74 Å². The van der Waals surface area contributed by atoms with Gasteiger partial charge in [-0.05, 0) is 39.2 Å². The lowest BCUT2D eigenvalue weighted by Gasteiger charge is -2.20. The van der Waals surface area contributed by atoms with Crippen molar-refractivity contribution in [1.82, 2.24) is 5.32 Å². The number of ether oxygens (including phenoxy) is 1. The van der Waals surface area contributed by atoms with Crippen molar-refractivity contribution in [3.63, 3.8) is 0 Å². The van der Waals surface area contributed by atoms with Crippen LogP contribution in [0.2, 0.25) is 0 Å². The van der Waals surface area contributed by atoms with Crippen LogP contribution >= 0.6 is 11.8 Å². The van der Waals surface area contributed by atoms with Crippen molar-refractivity contribution in [2.24, 2.45) is 0 Å². The first kappa shape index (κ1) is 19.2. The Kier molecular flexibility index (Phi) is 7.29. The number of Topliss-reactive ketones (excluding diaryl/α,β-unsaturated/α-hetero) is 1. The predicted octanol–water partition coefficient (Wildman–Crippen LogP) is 2.83. The summed E-state index contributed by atoms with van der Waals surface area (Å²) in [7, 11) is 0. The molecule has 0 aromatic heterocycles. The third kappa shape index (κ3) is 7.83. The van der Waals surface area contributed by atoms with Gasteiger partial charge in [0, 0.05) is 22.4 Å². The average Bonchev–Trinajstić information content (AvgIpc) is 2.49. The molecule has 0 bridgehead atoms. The summed E-state index contributed by atoms with van der Waals surface area (Å²) in [4.78, 5) is 36.2. The highest BCUT2D eigenvalue weighted by Crippen LogP contribution is 2.16. The van der Waals surface area contributed by atoms with E-state index in [2.05, 4.69) is 5.32 Å². The smallest absolute Gasteiger partial charge is 0.306 e. The number of hydrogen-bond donors (Lipinski definition) is 1. The first-order valence-electron chi connectivity index (χ1n) is 7.35. The van der Waals surface area contributed by atoms with Crippen LogP contribution in [-0.2, 0) is 14.3 Å². The lowest BCUT2D eigenvalue weighted by Crippen LogP contribution is -2.42. The highest BCUT2D eigenvalue weighted by molar-refractivity contribution is 7.98. The first-order valence-corrected chi connectivity index (χ1v) is 8.57. The average molecular weight is 337 g/mol. The quantitative estimate of drug-likeness (QED) is 0.470. The highest BCUT2D eigenvalue weighted by Gasteiger charge is 2.16. The molecule has 0 unspecified atom stereocenters. The molecule has 23 heavy (non-hydrogen) atoms. The summed E-state index contributed by atoms with van der Waals surface area (Å²) in [5, 5.41) is 2.69.